The topological polar surface area (TPSA) is 29.0 Å². The molecular weight excluding hydrogens is 341 g/mol. The van der Waals surface area contributed by atoms with Gasteiger partial charge < -0.3 is 0 Å². The lowest BCUT2D eigenvalue weighted by Crippen LogP contribution is -2.32. The van der Waals surface area contributed by atoms with Crippen molar-refractivity contribution in [2.24, 2.45) is 0 Å². The Hall–Kier alpha value is -1.68. The smallest absolute Gasteiger partial charge is 0.159 e. The van der Waals surface area contributed by atoms with Crippen LogP contribution in [-0.4, -0.2) is 28.0 Å². The molecule has 0 saturated carbocycles. The summed E-state index contributed by atoms with van der Waals surface area (Å²) in [5.74, 6) is 0. The van der Waals surface area contributed by atoms with Gasteiger partial charge in [-0.05, 0) is 41.8 Å². The summed E-state index contributed by atoms with van der Waals surface area (Å²) >= 11 is 12.0. The summed E-state index contributed by atoms with van der Waals surface area (Å²) in [5.41, 5.74) is 4.56. The molecule has 5 heteroatoms. The van der Waals surface area contributed by atoms with E-state index in [1.54, 1.807) is 6.20 Å². The summed E-state index contributed by atoms with van der Waals surface area (Å²) in [7, 11) is 0. The lowest BCUT2D eigenvalue weighted by Gasteiger charge is -2.28. The zero-order chi connectivity index (χ0) is 16.5. The molecule has 0 atom stereocenters. The van der Waals surface area contributed by atoms with Crippen LogP contribution in [0.5, 0.6) is 0 Å². The van der Waals surface area contributed by atoms with Gasteiger partial charge in [-0.1, -0.05) is 35.3 Å². The van der Waals surface area contributed by atoms with Crippen LogP contribution >= 0.6 is 23.2 Å². The zero-order valence-corrected chi connectivity index (χ0v) is 14.7. The van der Waals surface area contributed by atoms with Crippen LogP contribution in [0.15, 0.2) is 42.6 Å². The lowest BCUT2D eigenvalue weighted by molar-refractivity contribution is 0.255. The first-order valence-electron chi connectivity index (χ1n) is 8.08. The van der Waals surface area contributed by atoms with Crippen molar-refractivity contribution in [1.29, 1.82) is 0 Å². The summed E-state index contributed by atoms with van der Waals surface area (Å²) in [6.45, 7) is 3.00. The maximum atomic E-state index is 6.05. The van der Waals surface area contributed by atoms with E-state index < -0.39 is 0 Å². The van der Waals surface area contributed by atoms with Crippen molar-refractivity contribution in [3.63, 3.8) is 0 Å². The molecule has 1 aliphatic heterocycles. The minimum atomic E-state index is 0.652. The summed E-state index contributed by atoms with van der Waals surface area (Å²) in [6.07, 6.45) is 3.65. The number of hydrogen-bond acceptors (Lipinski definition) is 3. The van der Waals surface area contributed by atoms with Crippen LogP contribution in [0.2, 0.25) is 10.0 Å². The summed E-state index contributed by atoms with van der Waals surface area (Å²) in [5, 5.41) is 2.45. The third-order valence-electron chi connectivity index (χ3n) is 4.49. The van der Waals surface area contributed by atoms with Crippen LogP contribution in [-0.2, 0) is 19.4 Å². The van der Waals surface area contributed by atoms with E-state index in [0.29, 0.717) is 5.02 Å². The average molecular weight is 358 g/mol. The Bertz CT molecular complexity index is 878. The van der Waals surface area contributed by atoms with Crippen molar-refractivity contribution >= 4 is 34.2 Å². The van der Waals surface area contributed by atoms with Gasteiger partial charge in [0.2, 0.25) is 0 Å². The molecule has 0 fully saturated rings. The summed E-state index contributed by atoms with van der Waals surface area (Å²) in [4.78, 5) is 11.5. The molecule has 24 heavy (non-hydrogen) atoms. The van der Waals surface area contributed by atoms with Crippen molar-refractivity contribution in [3.05, 3.63) is 69.5 Å². The van der Waals surface area contributed by atoms with Crippen LogP contribution in [0, 0.1) is 0 Å². The number of benzene rings is 1. The first kappa shape index (κ1) is 15.8. The van der Waals surface area contributed by atoms with E-state index in [0.717, 1.165) is 48.5 Å². The Morgan fingerprint density at radius 1 is 1.04 bits per heavy atom. The van der Waals surface area contributed by atoms with E-state index in [1.165, 1.54) is 16.8 Å². The predicted octanol–water partition coefficient (Wildman–Crippen LogP) is 4.54. The van der Waals surface area contributed by atoms with Crippen molar-refractivity contribution in [2.45, 2.75) is 19.4 Å². The fraction of sp³-hybridized carbons (Fsp3) is 0.263. The number of nitrogens with zero attached hydrogens (tertiary/aromatic N) is 3. The van der Waals surface area contributed by atoms with Gasteiger partial charge >= 0.3 is 0 Å². The second kappa shape index (κ2) is 6.67. The first-order chi connectivity index (χ1) is 11.7. The van der Waals surface area contributed by atoms with E-state index in [9.17, 15) is 0 Å². The summed E-state index contributed by atoms with van der Waals surface area (Å²) < 4.78 is 0. The number of halogens is 2. The molecule has 3 heterocycles. The van der Waals surface area contributed by atoms with Gasteiger partial charge in [-0.2, -0.15) is 0 Å². The Balaban J connectivity index is 1.49. The van der Waals surface area contributed by atoms with E-state index in [1.807, 2.05) is 18.2 Å². The van der Waals surface area contributed by atoms with Gasteiger partial charge in [0.15, 0.2) is 5.65 Å². The second-order valence-electron chi connectivity index (χ2n) is 6.20. The van der Waals surface area contributed by atoms with Gasteiger partial charge in [0.05, 0.1) is 5.02 Å². The van der Waals surface area contributed by atoms with Gasteiger partial charge in [0, 0.05) is 48.4 Å². The third-order valence-corrected chi connectivity index (χ3v) is 4.95. The highest BCUT2D eigenvalue weighted by molar-refractivity contribution is 6.31. The van der Waals surface area contributed by atoms with E-state index in [2.05, 4.69) is 28.1 Å². The monoisotopic (exact) mass is 357 g/mol. The number of hydrogen-bond donors (Lipinski definition) is 0. The van der Waals surface area contributed by atoms with Gasteiger partial charge in [-0.15, -0.1) is 0 Å². The molecule has 3 nitrogen and oxygen atoms in total. The zero-order valence-electron chi connectivity index (χ0n) is 13.2. The van der Waals surface area contributed by atoms with Gasteiger partial charge in [0.25, 0.3) is 0 Å². The van der Waals surface area contributed by atoms with Gasteiger partial charge in [-0.3, -0.25) is 4.90 Å². The van der Waals surface area contributed by atoms with Gasteiger partial charge in [-0.25, -0.2) is 9.97 Å². The maximum absolute atomic E-state index is 6.05. The summed E-state index contributed by atoms with van der Waals surface area (Å²) in [6, 6.07) is 12.2. The molecule has 0 N–H and O–H groups in total. The van der Waals surface area contributed by atoms with Crippen molar-refractivity contribution in [3.8, 4) is 0 Å². The molecule has 1 aliphatic rings. The van der Waals surface area contributed by atoms with E-state index in [4.69, 9.17) is 28.2 Å². The highest BCUT2D eigenvalue weighted by Gasteiger charge is 2.18. The Labute approximate surface area is 151 Å². The third kappa shape index (κ3) is 3.39. The molecule has 0 aliphatic carbocycles. The highest BCUT2D eigenvalue weighted by atomic mass is 35.5. The highest BCUT2D eigenvalue weighted by Crippen LogP contribution is 2.23. The standard InChI is InChI=1S/C19H17Cl2N3/c20-16-3-1-13(2-4-16)5-7-24-8-6-18-15(12-24)9-14-10-17(21)11-22-19(14)23-18/h1-4,9-11H,5-8,12H2. The number of fused-ring (bicyclic) bond motifs is 2. The largest absolute Gasteiger partial charge is 0.298 e. The molecule has 0 saturated heterocycles. The van der Waals surface area contributed by atoms with Crippen LogP contribution in [0.4, 0.5) is 0 Å². The quantitative estimate of drug-likeness (QED) is 0.689. The second-order valence-corrected chi connectivity index (χ2v) is 7.07. The average Bonchev–Trinajstić information content (AvgIpc) is 2.59. The molecule has 4 rings (SSSR count). The molecule has 3 aromatic rings. The molecule has 1 aromatic carbocycles. The molecule has 0 spiro atoms. The maximum Gasteiger partial charge on any atom is 0.159 e. The SMILES string of the molecule is Clc1ccc(CCN2CCc3nc4ncc(Cl)cc4cc3C2)cc1. The molecule has 0 unspecified atom stereocenters. The van der Waals surface area contributed by atoms with Crippen molar-refractivity contribution in [1.82, 2.24) is 14.9 Å². The fourth-order valence-corrected chi connectivity index (χ4v) is 3.48. The fourth-order valence-electron chi connectivity index (χ4n) is 3.18. The molecule has 122 valence electrons. The van der Waals surface area contributed by atoms with Crippen LogP contribution < -0.4 is 0 Å². The van der Waals surface area contributed by atoms with E-state index >= 15 is 0 Å². The molecule has 0 bridgehead atoms. The lowest BCUT2D eigenvalue weighted by atomic mass is 10.0. The molecule has 0 radical (unpaired) electrons. The molecule has 0 amide bonds. The van der Waals surface area contributed by atoms with Crippen LogP contribution in [0.1, 0.15) is 16.8 Å². The van der Waals surface area contributed by atoms with Crippen molar-refractivity contribution in [2.75, 3.05) is 13.1 Å². The van der Waals surface area contributed by atoms with Crippen LogP contribution in [0.25, 0.3) is 11.0 Å². The van der Waals surface area contributed by atoms with E-state index in [-0.39, 0.29) is 0 Å². The predicted molar refractivity (Wildman–Crippen MR) is 98.7 cm³/mol. The Morgan fingerprint density at radius 2 is 1.88 bits per heavy atom. The normalized spacial score (nSPS) is 14.8. The molecular formula is C19H17Cl2N3. The van der Waals surface area contributed by atoms with Crippen LogP contribution in [0.3, 0.4) is 0 Å². The van der Waals surface area contributed by atoms with Crippen molar-refractivity contribution < 1.29 is 0 Å². The Kier molecular flexibility index (Phi) is 4.40. The Morgan fingerprint density at radius 3 is 2.71 bits per heavy atom. The number of rotatable bonds is 3. The minimum Gasteiger partial charge on any atom is -0.298 e. The number of aromatic nitrogens is 2. The number of pyridine rings is 2. The van der Waals surface area contributed by atoms with Gasteiger partial charge in [0.1, 0.15) is 0 Å². The molecule has 2 aromatic heterocycles. The first-order valence-corrected chi connectivity index (χ1v) is 8.84. The minimum absolute atomic E-state index is 0.652.